The minimum absolute atomic E-state index is 0.397. The van der Waals surface area contributed by atoms with E-state index in [4.69, 9.17) is 9.73 Å². The average molecular weight is 448 g/mol. The predicted octanol–water partition coefficient (Wildman–Crippen LogP) is 6.45. The van der Waals surface area contributed by atoms with Crippen molar-refractivity contribution in [2.75, 3.05) is 12.4 Å². The van der Waals surface area contributed by atoms with Crippen LogP contribution in [-0.4, -0.2) is 12.9 Å². The van der Waals surface area contributed by atoms with Gasteiger partial charge in [0.1, 0.15) is 23.2 Å². The Morgan fingerprint density at radius 1 is 1.12 bits per heavy atom. The van der Waals surface area contributed by atoms with Crippen molar-refractivity contribution in [3.8, 4) is 5.75 Å². The Bertz CT molecular complexity index is 1210. The number of methoxy groups -OCH3 is 1. The number of ether oxygens (including phenoxy) is 1. The van der Waals surface area contributed by atoms with E-state index in [-0.39, 0.29) is 0 Å². The molecule has 0 fully saturated rings. The fourth-order valence-electron chi connectivity index (χ4n) is 4.02. The zero-order valence-corrected chi connectivity index (χ0v) is 18.8. The molecule has 170 valence electrons. The molecule has 4 nitrogen and oxygen atoms in total. The van der Waals surface area contributed by atoms with Gasteiger partial charge in [-0.3, -0.25) is 0 Å². The molecule has 3 aromatic rings. The van der Waals surface area contributed by atoms with E-state index in [0.29, 0.717) is 34.8 Å². The van der Waals surface area contributed by atoms with Crippen LogP contribution in [0.2, 0.25) is 0 Å². The minimum atomic E-state index is -0.634. The number of amidine groups is 1. The molecule has 6 heteroatoms. The van der Waals surface area contributed by atoms with Crippen molar-refractivity contribution < 1.29 is 13.5 Å². The smallest absolute Gasteiger partial charge is 0.150 e. The van der Waals surface area contributed by atoms with E-state index in [1.165, 1.54) is 6.07 Å². The normalized spacial score (nSPS) is 14.7. The van der Waals surface area contributed by atoms with Gasteiger partial charge >= 0.3 is 0 Å². The zero-order valence-electron chi connectivity index (χ0n) is 18.8. The number of anilines is 1. The predicted molar refractivity (Wildman–Crippen MR) is 129 cm³/mol. The molecule has 1 aliphatic rings. The number of hydrogen-bond donors (Lipinski definition) is 2. The maximum atomic E-state index is 14.6. The first kappa shape index (κ1) is 22.5. The van der Waals surface area contributed by atoms with Gasteiger partial charge in [-0.05, 0) is 42.7 Å². The molecular weight excluding hydrogens is 420 g/mol. The lowest BCUT2D eigenvalue weighted by Crippen LogP contribution is -2.30. The van der Waals surface area contributed by atoms with Crippen LogP contribution in [0.15, 0.2) is 72.2 Å². The van der Waals surface area contributed by atoms with Crippen LogP contribution in [0.1, 0.15) is 48.2 Å². The molecule has 0 aromatic heterocycles. The van der Waals surface area contributed by atoms with Crippen molar-refractivity contribution in [2.24, 2.45) is 4.99 Å². The largest absolute Gasteiger partial charge is 0.496 e. The summed E-state index contributed by atoms with van der Waals surface area (Å²) in [6, 6.07) is 17.7. The molecule has 0 saturated carbocycles. The van der Waals surface area contributed by atoms with Crippen LogP contribution in [0.4, 0.5) is 14.5 Å². The third-order valence-corrected chi connectivity index (χ3v) is 5.70. The van der Waals surface area contributed by atoms with Crippen LogP contribution >= 0.6 is 0 Å². The lowest BCUT2D eigenvalue weighted by Gasteiger charge is -2.28. The minimum Gasteiger partial charge on any atom is -0.496 e. The molecule has 0 aliphatic carbocycles. The zero-order chi connectivity index (χ0) is 23.4. The summed E-state index contributed by atoms with van der Waals surface area (Å²) in [5.41, 5.74) is 3.88. The summed E-state index contributed by atoms with van der Waals surface area (Å²) >= 11 is 0. The number of rotatable bonds is 7. The summed E-state index contributed by atoms with van der Waals surface area (Å²) in [7, 11) is 1.62. The van der Waals surface area contributed by atoms with Crippen molar-refractivity contribution in [2.45, 2.75) is 32.4 Å². The molecule has 0 spiro atoms. The molecule has 1 unspecified atom stereocenters. The SMILES string of the molecule is C=C(NC1=NC(c2ccccc2OC)Nc2ccccc21)c1cc(F)cc(F)c1CCCC. The second-order valence-electron chi connectivity index (χ2n) is 7.93. The van der Waals surface area contributed by atoms with Crippen molar-refractivity contribution in [3.05, 3.63) is 101 Å². The van der Waals surface area contributed by atoms with E-state index in [1.54, 1.807) is 7.11 Å². The van der Waals surface area contributed by atoms with Crippen LogP contribution in [0, 0.1) is 11.6 Å². The first-order chi connectivity index (χ1) is 16.0. The first-order valence-electron chi connectivity index (χ1n) is 11.0. The number of hydrogen-bond acceptors (Lipinski definition) is 4. The average Bonchev–Trinajstić information content (AvgIpc) is 2.83. The van der Waals surface area contributed by atoms with Gasteiger partial charge in [0.25, 0.3) is 0 Å². The number of aliphatic imine (C=N–C) groups is 1. The Kier molecular flexibility index (Phi) is 6.73. The molecule has 1 heterocycles. The van der Waals surface area contributed by atoms with Crippen LogP contribution < -0.4 is 15.4 Å². The standard InChI is InChI=1S/C27H27F2N3O/c1-4-5-10-19-22(15-18(28)16-23(19)29)17(2)30-26-20-11-6-8-13-24(20)31-27(32-26)21-12-7-9-14-25(21)33-3/h6-9,11-16,27,31H,2,4-5,10H2,1,3H3,(H,30,32). The van der Waals surface area contributed by atoms with Crippen LogP contribution in [-0.2, 0) is 6.42 Å². The highest BCUT2D eigenvalue weighted by atomic mass is 19.1. The van der Waals surface area contributed by atoms with E-state index in [9.17, 15) is 8.78 Å². The Labute approximate surface area is 193 Å². The fraction of sp³-hybridized carbons (Fsp3) is 0.222. The number of halogens is 2. The number of nitrogens with zero attached hydrogens (tertiary/aromatic N) is 1. The Balaban J connectivity index is 1.73. The molecule has 1 atom stereocenters. The van der Waals surface area contributed by atoms with Crippen LogP contribution in [0.5, 0.6) is 5.75 Å². The van der Waals surface area contributed by atoms with Crippen molar-refractivity contribution in [3.63, 3.8) is 0 Å². The molecule has 0 bridgehead atoms. The fourth-order valence-corrected chi connectivity index (χ4v) is 4.02. The maximum Gasteiger partial charge on any atom is 0.150 e. The molecule has 33 heavy (non-hydrogen) atoms. The summed E-state index contributed by atoms with van der Waals surface area (Å²) in [6.07, 6.45) is 1.80. The van der Waals surface area contributed by atoms with Gasteiger partial charge in [0.15, 0.2) is 6.17 Å². The lowest BCUT2D eigenvalue weighted by molar-refractivity contribution is 0.407. The van der Waals surface area contributed by atoms with E-state index in [1.807, 2.05) is 55.5 Å². The molecule has 0 saturated heterocycles. The highest BCUT2D eigenvalue weighted by Gasteiger charge is 2.24. The van der Waals surface area contributed by atoms with Gasteiger partial charge in [-0.2, -0.15) is 0 Å². The summed E-state index contributed by atoms with van der Waals surface area (Å²) in [6.45, 7) is 6.14. The van der Waals surface area contributed by atoms with Gasteiger partial charge < -0.3 is 15.4 Å². The topological polar surface area (TPSA) is 45.7 Å². The maximum absolute atomic E-state index is 14.6. The van der Waals surface area contributed by atoms with E-state index in [0.717, 1.165) is 35.7 Å². The van der Waals surface area contributed by atoms with E-state index < -0.39 is 17.8 Å². The number of fused-ring (bicyclic) bond motifs is 1. The van der Waals surface area contributed by atoms with E-state index in [2.05, 4.69) is 17.2 Å². The van der Waals surface area contributed by atoms with Gasteiger partial charge in [0.05, 0.1) is 7.11 Å². The quantitative estimate of drug-likeness (QED) is 0.438. The molecular formula is C27H27F2N3O. The van der Waals surface area contributed by atoms with Crippen molar-refractivity contribution in [1.82, 2.24) is 5.32 Å². The lowest BCUT2D eigenvalue weighted by atomic mass is 9.98. The summed E-state index contributed by atoms with van der Waals surface area (Å²) < 4.78 is 34.2. The molecule has 3 aromatic carbocycles. The monoisotopic (exact) mass is 447 g/mol. The number of unbranched alkanes of at least 4 members (excludes halogenated alkanes) is 1. The Hall–Kier alpha value is -3.67. The van der Waals surface area contributed by atoms with Gasteiger partial charge in [-0.15, -0.1) is 0 Å². The second-order valence-corrected chi connectivity index (χ2v) is 7.93. The van der Waals surface area contributed by atoms with E-state index >= 15 is 0 Å². The van der Waals surface area contributed by atoms with Gasteiger partial charge in [0, 0.05) is 34.1 Å². The van der Waals surface area contributed by atoms with Gasteiger partial charge in [-0.1, -0.05) is 50.3 Å². The molecule has 0 radical (unpaired) electrons. The third-order valence-electron chi connectivity index (χ3n) is 5.70. The third kappa shape index (κ3) is 4.75. The van der Waals surface area contributed by atoms with Crippen LogP contribution in [0.3, 0.4) is 0 Å². The Morgan fingerprint density at radius 2 is 1.88 bits per heavy atom. The number of benzene rings is 3. The van der Waals surface area contributed by atoms with Crippen LogP contribution in [0.25, 0.3) is 5.70 Å². The number of nitrogens with one attached hydrogen (secondary N) is 2. The molecule has 2 N–H and O–H groups in total. The highest BCUT2D eigenvalue weighted by Crippen LogP contribution is 2.34. The number of para-hydroxylation sites is 2. The molecule has 4 rings (SSSR count). The highest BCUT2D eigenvalue weighted by molar-refractivity contribution is 6.08. The van der Waals surface area contributed by atoms with Crippen molar-refractivity contribution >= 4 is 17.2 Å². The summed E-state index contributed by atoms with van der Waals surface area (Å²) in [5.74, 6) is 0.0907. The Morgan fingerprint density at radius 3 is 2.67 bits per heavy atom. The van der Waals surface area contributed by atoms with Gasteiger partial charge in [-0.25, -0.2) is 13.8 Å². The van der Waals surface area contributed by atoms with Crippen molar-refractivity contribution in [1.29, 1.82) is 0 Å². The second kappa shape index (κ2) is 9.86. The molecule has 0 amide bonds. The molecule has 1 aliphatic heterocycles. The van der Waals surface area contributed by atoms with Gasteiger partial charge in [0.2, 0.25) is 0 Å². The summed E-state index contributed by atoms with van der Waals surface area (Å²) in [5, 5.41) is 6.67. The first-order valence-corrected chi connectivity index (χ1v) is 11.0. The summed E-state index contributed by atoms with van der Waals surface area (Å²) in [4.78, 5) is 4.87.